The molecule has 1 amide bonds. The molecule has 4 aromatic carbocycles. The molecule has 0 radical (unpaired) electrons. The highest BCUT2D eigenvalue weighted by Gasteiger charge is 2.21. The van der Waals surface area contributed by atoms with Crippen LogP contribution >= 0.6 is 0 Å². The van der Waals surface area contributed by atoms with Crippen LogP contribution < -0.4 is 20.3 Å². The molecule has 0 saturated carbocycles. The number of hydrogen-bond acceptors (Lipinski definition) is 5. The van der Waals surface area contributed by atoms with Crippen molar-refractivity contribution in [3.8, 4) is 34.1 Å². The van der Waals surface area contributed by atoms with E-state index in [2.05, 4.69) is 5.32 Å². The number of phenols is 1. The zero-order chi connectivity index (χ0) is 31.9. The second-order valence-corrected chi connectivity index (χ2v) is 10.4. The largest absolute Gasteiger partial charge is 0.507 e. The average molecular weight is 611 g/mol. The van der Waals surface area contributed by atoms with Crippen LogP contribution in [0.5, 0.6) is 23.0 Å². The van der Waals surface area contributed by atoms with Crippen LogP contribution in [0.3, 0.4) is 0 Å². The van der Waals surface area contributed by atoms with Crippen LogP contribution in [0.2, 0.25) is 0 Å². The molecule has 45 heavy (non-hydrogen) atoms. The number of aryl methyl sites for hydroxylation is 1. The molecule has 1 aromatic heterocycles. The van der Waals surface area contributed by atoms with Crippen molar-refractivity contribution in [2.24, 2.45) is 7.05 Å². The van der Waals surface area contributed by atoms with Crippen molar-refractivity contribution < 1.29 is 28.2 Å². The van der Waals surface area contributed by atoms with Crippen LogP contribution in [-0.2, 0) is 7.05 Å². The minimum atomic E-state index is -0.863. The van der Waals surface area contributed by atoms with E-state index in [4.69, 9.17) is 9.47 Å². The van der Waals surface area contributed by atoms with Crippen molar-refractivity contribution in [2.75, 3.05) is 13.2 Å². The Morgan fingerprint density at radius 3 is 2.33 bits per heavy atom. The predicted molar refractivity (Wildman–Crippen MR) is 168 cm³/mol. The van der Waals surface area contributed by atoms with Crippen molar-refractivity contribution in [1.29, 1.82) is 0 Å². The van der Waals surface area contributed by atoms with Gasteiger partial charge in [0.05, 0.1) is 12.2 Å². The Hall–Kier alpha value is -5.44. The summed E-state index contributed by atoms with van der Waals surface area (Å²) >= 11 is 0. The number of pyridine rings is 1. The third-order valence-electron chi connectivity index (χ3n) is 7.37. The Balaban J connectivity index is 1.57. The smallest absolute Gasteiger partial charge is 0.255 e. The molecule has 1 heterocycles. The first-order chi connectivity index (χ1) is 21.7. The molecule has 2 N–H and O–H groups in total. The van der Waals surface area contributed by atoms with Gasteiger partial charge in [-0.25, -0.2) is 8.78 Å². The highest BCUT2D eigenvalue weighted by molar-refractivity contribution is 5.96. The summed E-state index contributed by atoms with van der Waals surface area (Å²) in [7, 11) is 1.62. The number of amides is 1. The van der Waals surface area contributed by atoms with E-state index in [0.29, 0.717) is 36.4 Å². The Labute approximate surface area is 259 Å². The van der Waals surface area contributed by atoms with E-state index in [-0.39, 0.29) is 34.3 Å². The highest BCUT2D eigenvalue weighted by Crippen LogP contribution is 2.41. The SMILES string of the molecule is CCOc1cc(=O)n(C)cc1-c1cc(C(CCNC(=O)c2ccccc2O)c2ccccc2)ccc1Oc1ccc(F)cc1F. The lowest BCUT2D eigenvalue weighted by atomic mass is 9.86. The first-order valence-electron chi connectivity index (χ1n) is 14.5. The third-order valence-corrected chi connectivity index (χ3v) is 7.37. The van der Waals surface area contributed by atoms with Crippen molar-refractivity contribution >= 4 is 5.91 Å². The van der Waals surface area contributed by atoms with E-state index >= 15 is 0 Å². The lowest BCUT2D eigenvalue weighted by molar-refractivity contribution is 0.0950. The van der Waals surface area contributed by atoms with Gasteiger partial charge in [-0.05, 0) is 60.9 Å². The molecule has 230 valence electrons. The van der Waals surface area contributed by atoms with Gasteiger partial charge in [-0.1, -0.05) is 48.5 Å². The number of para-hydroxylation sites is 1. The number of nitrogens with one attached hydrogen (secondary N) is 1. The first-order valence-corrected chi connectivity index (χ1v) is 14.5. The molecule has 0 saturated heterocycles. The Morgan fingerprint density at radius 1 is 0.867 bits per heavy atom. The summed E-state index contributed by atoms with van der Waals surface area (Å²) in [5, 5.41) is 13.0. The highest BCUT2D eigenvalue weighted by atomic mass is 19.1. The van der Waals surface area contributed by atoms with Gasteiger partial charge in [0.25, 0.3) is 11.5 Å². The van der Waals surface area contributed by atoms with E-state index in [9.17, 15) is 23.5 Å². The first kappa shape index (κ1) is 31.0. The lowest BCUT2D eigenvalue weighted by Crippen LogP contribution is -2.26. The molecule has 0 aliphatic rings. The summed E-state index contributed by atoms with van der Waals surface area (Å²) in [4.78, 5) is 25.3. The summed E-state index contributed by atoms with van der Waals surface area (Å²) in [5.74, 6) is -1.86. The minimum absolute atomic E-state index is 0.102. The number of nitrogens with zero attached hydrogens (tertiary/aromatic N) is 1. The molecule has 0 bridgehead atoms. The van der Waals surface area contributed by atoms with E-state index < -0.39 is 17.5 Å². The number of carbonyl (C=O) groups is 1. The maximum atomic E-state index is 14.7. The molecule has 5 aromatic rings. The Kier molecular flexibility index (Phi) is 9.57. The van der Waals surface area contributed by atoms with Gasteiger partial charge in [-0.2, -0.15) is 0 Å². The van der Waals surface area contributed by atoms with Gasteiger partial charge in [0.1, 0.15) is 23.1 Å². The molecule has 7 nitrogen and oxygen atoms in total. The lowest BCUT2D eigenvalue weighted by Gasteiger charge is -2.22. The molecule has 0 spiro atoms. The molecular weight excluding hydrogens is 578 g/mol. The fourth-order valence-corrected chi connectivity index (χ4v) is 5.13. The number of halogens is 2. The van der Waals surface area contributed by atoms with Gasteiger partial charge < -0.3 is 24.5 Å². The minimum Gasteiger partial charge on any atom is -0.507 e. The molecular formula is C36H32F2N2O5. The summed E-state index contributed by atoms with van der Waals surface area (Å²) in [6, 6.07) is 26.0. The second kappa shape index (κ2) is 13.9. The molecule has 0 fully saturated rings. The zero-order valence-electron chi connectivity index (χ0n) is 24.8. The van der Waals surface area contributed by atoms with Crippen LogP contribution in [-0.4, -0.2) is 28.7 Å². The normalized spacial score (nSPS) is 11.6. The maximum Gasteiger partial charge on any atom is 0.255 e. The van der Waals surface area contributed by atoms with E-state index in [1.165, 1.54) is 22.8 Å². The standard InChI is InChI=1S/C36H32F2N2O5/c1-3-44-34-21-35(42)40(2)22-29(34)28-19-24(13-15-32(28)45-33-16-14-25(37)20-30(33)38)26(23-9-5-4-6-10-23)17-18-39-36(43)27-11-7-8-12-31(27)41/h4-16,19-22,26,41H,3,17-18H2,1-2H3,(H,39,43). The predicted octanol–water partition coefficient (Wildman–Crippen LogP) is 7.18. The molecule has 5 rings (SSSR count). The van der Waals surface area contributed by atoms with Crippen LogP contribution in [0.25, 0.3) is 11.1 Å². The summed E-state index contributed by atoms with van der Waals surface area (Å²) < 4.78 is 41.6. The van der Waals surface area contributed by atoms with Gasteiger partial charge in [-0.15, -0.1) is 0 Å². The van der Waals surface area contributed by atoms with Crippen LogP contribution in [0.1, 0.15) is 40.7 Å². The zero-order valence-corrected chi connectivity index (χ0v) is 24.8. The monoisotopic (exact) mass is 610 g/mol. The average Bonchev–Trinajstić information content (AvgIpc) is 3.03. The van der Waals surface area contributed by atoms with Crippen molar-refractivity contribution in [1.82, 2.24) is 9.88 Å². The number of ether oxygens (including phenoxy) is 2. The molecule has 0 aliphatic heterocycles. The van der Waals surface area contributed by atoms with Crippen molar-refractivity contribution in [2.45, 2.75) is 19.3 Å². The molecule has 1 atom stereocenters. The fraction of sp³-hybridized carbons (Fsp3) is 0.167. The topological polar surface area (TPSA) is 89.8 Å². The van der Waals surface area contributed by atoms with Crippen molar-refractivity contribution in [3.63, 3.8) is 0 Å². The van der Waals surface area contributed by atoms with Crippen molar-refractivity contribution in [3.05, 3.63) is 142 Å². The number of carbonyl (C=O) groups excluding carboxylic acids is 1. The van der Waals surface area contributed by atoms with Gasteiger partial charge in [-0.3, -0.25) is 9.59 Å². The van der Waals surface area contributed by atoms with E-state index in [0.717, 1.165) is 23.3 Å². The summed E-state index contributed by atoms with van der Waals surface area (Å²) in [6.45, 7) is 2.40. The molecule has 0 aliphatic carbocycles. The number of rotatable bonds is 11. The molecule has 1 unspecified atom stereocenters. The van der Waals surface area contributed by atoms with Gasteiger partial charge in [0, 0.05) is 49.0 Å². The third kappa shape index (κ3) is 7.21. The quantitative estimate of drug-likeness (QED) is 0.165. The van der Waals surface area contributed by atoms with Crippen LogP contribution in [0.15, 0.2) is 108 Å². The Bertz CT molecular complexity index is 1870. The number of benzene rings is 4. The number of phenolic OH excluding ortho intramolecular Hbond substituents is 1. The molecule has 9 heteroatoms. The second-order valence-electron chi connectivity index (χ2n) is 10.4. The summed E-state index contributed by atoms with van der Waals surface area (Å²) in [5.41, 5.74) is 2.82. The van der Waals surface area contributed by atoms with Crippen LogP contribution in [0.4, 0.5) is 8.78 Å². The number of hydrogen-bond donors (Lipinski definition) is 2. The Morgan fingerprint density at radius 2 is 1.60 bits per heavy atom. The fourth-order valence-electron chi connectivity index (χ4n) is 5.13. The van der Waals surface area contributed by atoms with Crippen LogP contribution in [0, 0.1) is 11.6 Å². The van der Waals surface area contributed by atoms with E-state index in [1.54, 1.807) is 44.4 Å². The van der Waals surface area contributed by atoms with Gasteiger partial charge in [0.2, 0.25) is 0 Å². The van der Waals surface area contributed by atoms with E-state index in [1.807, 2.05) is 42.5 Å². The summed E-state index contributed by atoms with van der Waals surface area (Å²) in [6.07, 6.45) is 2.13. The maximum absolute atomic E-state index is 14.7. The number of aromatic hydroxyl groups is 1. The van der Waals surface area contributed by atoms with Gasteiger partial charge >= 0.3 is 0 Å². The van der Waals surface area contributed by atoms with Gasteiger partial charge in [0.15, 0.2) is 11.6 Å². The number of aromatic nitrogens is 1.